The summed E-state index contributed by atoms with van der Waals surface area (Å²) in [5.41, 5.74) is 1.30. The van der Waals surface area contributed by atoms with E-state index in [-0.39, 0.29) is 4.75 Å². The van der Waals surface area contributed by atoms with E-state index in [9.17, 15) is 0 Å². The summed E-state index contributed by atoms with van der Waals surface area (Å²) in [4.78, 5) is 7.56. The Bertz CT molecular complexity index is 673. The molecule has 2 N–H and O–H groups in total. The molecule has 2 saturated heterocycles. The zero-order chi connectivity index (χ0) is 21.2. The number of thioether (sulfide) groups is 1. The Morgan fingerprint density at radius 2 is 2.03 bits per heavy atom. The topological polar surface area (TPSA) is 58.1 Å². The van der Waals surface area contributed by atoms with E-state index in [0.717, 1.165) is 70.5 Å². The van der Waals surface area contributed by atoms with Crippen LogP contribution in [0.4, 0.5) is 0 Å². The second-order valence-corrected chi connectivity index (χ2v) is 9.39. The molecule has 0 aromatic heterocycles. The van der Waals surface area contributed by atoms with Gasteiger partial charge in [0.05, 0.1) is 19.7 Å². The molecule has 0 radical (unpaired) electrons. The molecule has 0 bridgehead atoms. The van der Waals surface area contributed by atoms with Gasteiger partial charge in [-0.2, -0.15) is 11.8 Å². The van der Waals surface area contributed by atoms with E-state index in [4.69, 9.17) is 14.5 Å². The fourth-order valence-corrected chi connectivity index (χ4v) is 5.06. The summed E-state index contributed by atoms with van der Waals surface area (Å²) in [5.74, 6) is 1.82. The Kier molecular flexibility index (Phi) is 9.15. The zero-order valence-corrected chi connectivity index (χ0v) is 19.6. The van der Waals surface area contributed by atoms with Gasteiger partial charge in [-0.1, -0.05) is 12.1 Å². The molecule has 168 valence electrons. The average molecular weight is 435 g/mol. The van der Waals surface area contributed by atoms with Crippen LogP contribution in [-0.4, -0.2) is 74.9 Å². The van der Waals surface area contributed by atoms with Crippen molar-refractivity contribution in [3.8, 4) is 5.75 Å². The zero-order valence-electron chi connectivity index (χ0n) is 18.8. The van der Waals surface area contributed by atoms with Gasteiger partial charge >= 0.3 is 0 Å². The number of aliphatic imine (C=N–C) groups is 1. The van der Waals surface area contributed by atoms with E-state index < -0.39 is 0 Å². The molecule has 0 saturated carbocycles. The molecule has 30 heavy (non-hydrogen) atoms. The summed E-state index contributed by atoms with van der Waals surface area (Å²) in [5, 5.41) is 7.07. The SMILES string of the molecule is CCNC(=NCC1(SC)CCOCC1)NCC(c1cccc(OC)c1)N1CCCC1. The fraction of sp³-hybridized carbons (Fsp3) is 0.696. The van der Waals surface area contributed by atoms with Gasteiger partial charge < -0.3 is 20.1 Å². The van der Waals surface area contributed by atoms with Crippen LogP contribution in [-0.2, 0) is 4.74 Å². The number of rotatable bonds is 9. The van der Waals surface area contributed by atoms with Crippen molar-refractivity contribution in [2.24, 2.45) is 4.99 Å². The minimum absolute atomic E-state index is 0.196. The van der Waals surface area contributed by atoms with Gasteiger partial charge in [0.2, 0.25) is 0 Å². The van der Waals surface area contributed by atoms with Crippen LogP contribution in [0, 0.1) is 0 Å². The highest BCUT2D eigenvalue weighted by Crippen LogP contribution is 2.34. The molecule has 1 aromatic rings. The van der Waals surface area contributed by atoms with Crippen LogP contribution in [0.25, 0.3) is 0 Å². The van der Waals surface area contributed by atoms with Gasteiger partial charge in [0.1, 0.15) is 5.75 Å². The van der Waals surface area contributed by atoms with E-state index in [2.05, 4.69) is 46.9 Å². The molecule has 6 nitrogen and oxygen atoms in total. The molecule has 1 unspecified atom stereocenters. The van der Waals surface area contributed by atoms with Crippen molar-refractivity contribution in [1.82, 2.24) is 15.5 Å². The molecule has 0 amide bonds. The molecule has 2 heterocycles. The molecule has 2 aliphatic heterocycles. The second kappa shape index (κ2) is 11.8. The number of likely N-dealkylation sites (tertiary alicyclic amines) is 1. The third-order valence-corrected chi connectivity index (χ3v) is 7.63. The lowest BCUT2D eigenvalue weighted by Crippen LogP contribution is -2.44. The van der Waals surface area contributed by atoms with Crippen LogP contribution < -0.4 is 15.4 Å². The normalized spacial score (nSPS) is 20.7. The number of ether oxygens (including phenoxy) is 2. The first kappa shape index (κ1) is 23.2. The van der Waals surface area contributed by atoms with Crippen molar-refractivity contribution in [2.75, 3.05) is 59.3 Å². The number of hydrogen-bond donors (Lipinski definition) is 2. The van der Waals surface area contributed by atoms with Gasteiger partial charge in [0.25, 0.3) is 0 Å². The average Bonchev–Trinajstić information content (AvgIpc) is 3.33. The van der Waals surface area contributed by atoms with Crippen molar-refractivity contribution >= 4 is 17.7 Å². The molecule has 0 aliphatic carbocycles. The molecular formula is C23H38N4O2S. The molecule has 2 aliphatic rings. The van der Waals surface area contributed by atoms with Gasteiger partial charge in [-0.25, -0.2) is 0 Å². The third kappa shape index (κ3) is 6.28. The van der Waals surface area contributed by atoms with Crippen LogP contribution in [0.2, 0.25) is 0 Å². The first-order valence-electron chi connectivity index (χ1n) is 11.2. The van der Waals surface area contributed by atoms with Gasteiger partial charge in [0.15, 0.2) is 5.96 Å². The van der Waals surface area contributed by atoms with Crippen LogP contribution >= 0.6 is 11.8 Å². The molecular weight excluding hydrogens is 396 g/mol. The predicted octanol–water partition coefficient (Wildman–Crippen LogP) is 3.30. The minimum atomic E-state index is 0.196. The summed E-state index contributed by atoms with van der Waals surface area (Å²) in [6.07, 6.45) is 6.88. The maximum atomic E-state index is 5.58. The largest absolute Gasteiger partial charge is 0.497 e. The van der Waals surface area contributed by atoms with E-state index in [1.54, 1.807) is 7.11 Å². The highest BCUT2D eigenvalue weighted by atomic mass is 32.2. The molecule has 2 fully saturated rings. The smallest absolute Gasteiger partial charge is 0.191 e. The van der Waals surface area contributed by atoms with E-state index in [1.165, 1.54) is 18.4 Å². The molecule has 7 heteroatoms. The van der Waals surface area contributed by atoms with Crippen molar-refractivity contribution in [3.63, 3.8) is 0 Å². The Morgan fingerprint density at radius 3 is 2.70 bits per heavy atom. The van der Waals surface area contributed by atoms with Crippen LogP contribution in [0.5, 0.6) is 5.75 Å². The van der Waals surface area contributed by atoms with Crippen LogP contribution in [0.3, 0.4) is 0 Å². The van der Waals surface area contributed by atoms with Crippen molar-refractivity contribution in [2.45, 2.75) is 43.4 Å². The van der Waals surface area contributed by atoms with E-state index in [0.29, 0.717) is 6.04 Å². The maximum absolute atomic E-state index is 5.58. The number of nitrogens with zero attached hydrogens (tertiary/aromatic N) is 2. The monoisotopic (exact) mass is 434 g/mol. The van der Waals surface area contributed by atoms with Crippen molar-refractivity contribution < 1.29 is 9.47 Å². The van der Waals surface area contributed by atoms with Crippen LogP contribution in [0.15, 0.2) is 29.3 Å². The van der Waals surface area contributed by atoms with Gasteiger partial charge in [-0.15, -0.1) is 0 Å². The molecule has 1 aromatic carbocycles. The number of benzene rings is 1. The standard InChI is InChI=1S/C23H38N4O2S/c1-4-24-22(26-18-23(30-3)10-14-29-15-11-23)25-17-21(27-12-5-6-13-27)19-8-7-9-20(16-19)28-2/h7-9,16,21H,4-6,10-15,17-18H2,1-3H3,(H2,24,25,26). The Balaban J connectivity index is 1.70. The maximum Gasteiger partial charge on any atom is 0.191 e. The summed E-state index contributed by atoms with van der Waals surface area (Å²) >= 11 is 1.93. The summed E-state index contributed by atoms with van der Waals surface area (Å²) in [7, 11) is 1.73. The number of nitrogens with one attached hydrogen (secondary N) is 2. The third-order valence-electron chi connectivity index (χ3n) is 6.23. The van der Waals surface area contributed by atoms with Gasteiger partial charge in [0, 0.05) is 31.1 Å². The highest BCUT2D eigenvalue weighted by Gasteiger charge is 2.31. The van der Waals surface area contributed by atoms with Crippen molar-refractivity contribution in [3.05, 3.63) is 29.8 Å². The van der Waals surface area contributed by atoms with Crippen molar-refractivity contribution in [1.29, 1.82) is 0 Å². The van der Waals surface area contributed by atoms with E-state index >= 15 is 0 Å². The minimum Gasteiger partial charge on any atom is -0.497 e. The lowest BCUT2D eigenvalue weighted by molar-refractivity contribution is 0.0794. The first-order chi connectivity index (χ1) is 14.7. The lowest BCUT2D eigenvalue weighted by Gasteiger charge is -2.34. The molecule has 3 rings (SSSR count). The Labute approximate surface area is 186 Å². The number of methoxy groups -OCH3 is 1. The first-order valence-corrected chi connectivity index (χ1v) is 12.5. The summed E-state index contributed by atoms with van der Waals surface area (Å²) in [6.45, 7) is 8.60. The van der Waals surface area contributed by atoms with Gasteiger partial charge in [-0.3, -0.25) is 9.89 Å². The van der Waals surface area contributed by atoms with Gasteiger partial charge in [-0.05, 0) is 69.6 Å². The quantitative estimate of drug-likeness (QED) is 0.459. The second-order valence-electron chi connectivity index (χ2n) is 8.11. The molecule has 0 spiro atoms. The molecule has 1 atom stereocenters. The highest BCUT2D eigenvalue weighted by molar-refractivity contribution is 8.00. The van der Waals surface area contributed by atoms with E-state index in [1.807, 2.05) is 17.8 Å². The fourth-order valence-electron chi connectivity index (χ4n) is 4.29. The summed E-state index contributed by atoms with van der Waals surface area (Å²) in [6, 6.07) is 8.79. The number of guanidine groups is 1. The predicted molar refractivity (Wildman–Crippen MR) is 127 cm³/mol. The lowest BCUT2D eigenvalue weighted by atomic mass is 9.99. The number of hydrogen-bond acceptors (Lipinski definition) is 5. The van der Waals surface area contributed by atoms with Crippen LogP contribution in [0.1, 0.15) is 44.2 Å². The summed E-state index contributed by atoms with van der Waals surface area (Å²) < 4.78 is 11.2. The Hall–Kier alpha value is -1.44. The Morgan fingerprint density at radius 1 is 1.27 bits per heavy atom.